The number of aryl methyl sites for hydroxylation is 2. The summed E-state index contributed by atoms with van der Waals surface area (Å²) in [6, 6.07) is 5.95. The molecule has 15 heavy (non-hydrogen) atoms. The van der Waals surface area contributed by atoms with Gasteiger partial charge in [0.2, 0.25) is 0 Å². The molecule has 0 fully saturated rings. The summed E-state index contributed by atoms with van der Waals surface area (Å²) in [5.74, 6) is 0.865. The monoisotopic (exact) mass is 202 g/mol. The molecule has 2 aromatic rings. The molecule has 2 N–H and O–H groups in total. The zero-order valence-corrected chi connectivity index (χ0v) is 8.94. The van der Waals surface area contributed by atoms with Gasteiger partial charge in [-0.05, 0) is 25.5 Å². The van der Waals surface area contributed by atoms with Gasteiger partial charge in [-0.15, -0.1) is 0 Å². The summed E-state index contributed by atoms with van der Waals surface area (Å²) in [5, 5.41) is 4.13. The summed E-state index contributed by atoms with van der Waals surface area (Å²) in [6.45, 7) is 4.84. The van der Waals surface area contributed by atoms with Crippen LogP contribution in [-0.4, -0.2) is 14.8 Å². The maximum Gasteiger partial charge on any atom is 0.158 e. The van der Waals surface area contributed by atoms with Crippen molar-refractivity contribution in [3.8, 4) is 11.4 Å². The van der Waals surface area contributed by atoms with E-state index >= 15 is 0 Å². The smallest absolute Gasteiger partial charge is 0.158 e. The van der Waals surface area contributed by atoms with Gasteiger partial charge in [0.25, 0.3) is 0 Å². The molecule has 1 aromatic carbocycles. The van der Waals surface area contributed by atoms with E-state index in [4.69, 9.17) is 5.73 Å². The van der Waals surface area contributed by atoms with Crippen molar-refractivity contribution in [1.82, 2.24) is 14.8 Å². The third kappa shape index (κ3) is 1.70. The highest BCUT2D eigenvalue weighted by Gasteiger charge is 2.06. The van der Waals surface area contributed by atoms with Crippen LogP contribution in [-0.2, 0) is 6.54 Å². The summed E-state index contributed by atoms with van der Waals surface area (Å²) in [4.78, 5) is 4.22. The van der Waals surface area contributed by atoms with Gasteiger partial charge in [-0.25, -0.2) is 9.67 Å². The van der Waals surface area contributed by atoms with Crippen LogP contribution in [0.5, 0.6) is 0 Å². The summed E-state index contributed by atoms with van der Waals surface area (Å²) >= 11 is 0. The van der Waals surface area contributed by atoms with Crippen LogP contribution >= 0.6 is 0 Å². The zero-order chi connectivity index (χ0) is 10.8. The van der Waals surface area contributed by atoms with Crippen molar-refractivity contribution >= 4 is 5.69 Å². The molecule has 0 unspecified atom stereocenters. The highest BCUT2D eigenvalue weighted by Crippen LogP contribution is 2.21. The second kappa shape index (κ2) is 3.73. The Bertz CT molecular complexity index is 473. The van der Waals surface area contributed by atoms with E-state index < -0.39 is 0 Å². The van der Waals surface area contributed by atoms with Gasteiger partial charge in [0.1, 0.15) is 6.33 Å². The SMILES string of the molecule is CCn1ncnc1-c1ccc(C)c(N)c1. The molecule has 0 amide bonds. The molecule has 1 aromatic heterocycles. The predicted molar refractivity (Wildman–Crippen MR) is 60.3 cm³/mol. The fraction of sp³-hybridized carbons (Fsp3) is 0.273. The lowest BCUT2D eigenvalue weighted by Gasteiger charge is -2.05. The molecule has 0 aliphatic heterocycles. The molecule has 0 saturated carbocycles. The molecular weight excluding hydrogens is 188 g/mol. The fourth-order valence-electron chi connectivity index (χ4n) is 1.50. The average molecular weight is 202 g/mol. The van der Waals surface area contributed by atoms with Crippen LogP contribution in [0.2, 0.25) is 0 Å². The third-order valence-corrected chi connectivity index (χ3v) is 2.45. The maximum absolute atomic E-state index is 5.86. The molecule has 1 heterocycles. The van der Waals surface area contributed by atoms with Gasteiger partial charge < -0.3 is 5.73 Å². The summed E-state index contributed by atoms with van der Waals surface area (Å²) in [5.41, 5.74) is 8.75. The fourth-order valence-corrected chi connectivity index (χ4v) is 1.50. The number of anilines is 1. The van der Waals surface area contributed by atoms with E-state index in [0.717, 1.165) is 29.2 Å². The lowest BCUT2D eigenvalue weighted by Crippen LogP contribution is -2.00. The lowest BCUT2D eigenvalue weighted by molar-refractivity contribution is 0.666. The van der Waals surface area contributed by atoms with Gasteiger partial charge in [0, 0.05) is 17.8 Å². The predicted octanol–water partition coefficient (Wildman–Crippen LogP) is 1.86. The van der Waals surface area contributed by atoms with E-state index in [1.807, 2.05) is 36.7 Å². The van der Waals surface area contributed by atoms with Crippen molar-refractivity contribution in [2.45, 2.75) is 20.4 Å². The number of rotatable bonds is 2. The third-order valence-electron chi connectivity index (χ3n) is 2.45. The van der Waals surface area contributed by atoms with Crippen molar-refractivity contribution in [3.05, 3.63) is 30.1 Å². The first-order valence-electron chi connectivity index (χ1n) is 4.96. The Hall–Kier alpha value is -1.84. The minimum absolute atomic E-state index is 0.790. The summed E-state index contributed by atoms with van der Waals surface area (Å²) in [7, 11) is 0. The van der Waals surface area contributed by atoms with E-state index in [-0.39, 0.29) is 0 Å². The molecule has 4 heteroatoms. The van der Waals surface area contributed by atoms with Gasteiger partial charge >= 0.3 is 0 Å². The van der Waals surface area contributed by atoms with E-state index in [0.29, 0.717) is 0 Å². The van der Waals surface area contributed by atoms with E-state index in [1.54, 1.807) is 6.33 Å². The lowest BCUT2D eigenvalue weighted by atomic mass is 10.1. The molecular formula is C11H14N4. The first-order valence-corrected chi connectivity index (χ1v) is 4.96. The molecule has 2 rings (SSSR count). The van der Waals surface area contributed by atoms with E-state index in [9.17, 15) is 0 Å². The van der Waals surface area contributed by atoms with Gasteiger partial charge in [0.15, 0.2) is 5.82 Å². The van der Waals surface area contributed by atoms with Gasteiger partial charge in [0.05, 0.1) is 0 Å². The number of nitrogen functional groups attached to an aromatic ring is 1. The van der Waals surface area contributed by atoms with Crippen molar-refractivity contribution in [3.63, 3.8) is 0 Å². The molecule has 4 nitrogen and oxygen atoms in total. The van der Waals surface area contributed by atoms with Crippen LogP contribution in [0.4, 0.5) is 5.69 Å². The molecule has 0 spiro atoms. The Balaban J connectivity index is 2.50. The summed E-state index contributed by atoms with van der Waals surface area (Å²) < 4.78 is 1.85. The Morgan fingerprint density at radius 2 is 2.20 bits per heavy atom. The molecule has 78 valence electrons. The minimum Gasteiger partial charge on any atom is -0.398 e. The molecule has 0 bridgehead atoms. The quantitative estimate of drug-likeness (QED) is 0.756. The Morgan fingerprint density at radius 1 is 1.40 bits per heavy atom. The highest BCUT2D eigenvalue weighted by molar-refractivity contribution is 5.63. The number of hydrogen-bond donors (Lipinski definition) is 1. The van der Waals surface area contributed by atoms with Gasteiger partial charge in [-0.2, -0.15) is 5.10 Å². The molecule has 0 saturated heterocycles. The van der Waals surface area contributed by atoms with Crippen LogP contribution in [0.3, 0.4) is 0 Å². The maximum atomic E-state index is 5.86. The van der Waals surface area contributed by atoms with Crippen LogP contribution in [0, 0.1) is 6.92 Å². The van der Waals surface area contributed by atoms with Gasteiger partial charge in [-0.1, -0.05) is 12.1 Å². The molecule has 0 atom stereocenters. The molecule has 0 aliphatic carbocycles. The normalized spacial score (nSPS) is 10.5. The van der Waals surface area contributed by atoms with Crippen molar-refractivity contribution in [1.29, 1.82) is 0 Å². The Morgan fingerprint density at radius 3 is 2.87 bits per heavy atom. The first-order chi connectivity index (χ1) is 7.22. The van der Waals surface area contributed by atoms with Crippen LogP contribution in [0.1, 0.15) is 12.5 Å². The number of aromatic nitrogens is 3. The second-order valence-corrected chi connectivity index (χ2v) is 3.47. The minimum atomic E-state index is 0.790. The van der Waals surface area contributed by atoms with Crippen LogP contribution in [0.15, 0.2) is 24.5 Å². The number of hydrogen-bond acceptors (Lipinski definition) is 3. The topological polar surface area (TPSA) is 56.7 Å². The second-order valence-electron chi connectivity index (χ2n) is 3.47. The largest absolute Gasteiger partial charge is 0.398 e. The Kier molecular flexibility index (Phi) is 2.41. The van der Waals surface area contributed by atoms with Crippen LogP contribution in [0.25, 0.3) is 11.4 Å². The number of nitrogens with two attached hydrogens (primary N) is 1. The average Bonchev–Trinajstić information content (AvgIpc) is 2.70. The van der Waals surface area contributed by atoms with E-state index in [2.05, 4.69) is 10.1 Å². The van der Waals surface area contributed by atoms with Crippen molar-refractivity contribution < 1.29 is 0 Å². The Labute approximate surface area is 88.8 Å². The number of benzene rings is 1. The highest BCUT2D eigenvalue weighted by atomic mass is 15.3. The zero-order valence-electron chi connectivity index (χ0n) is 8.94. The summed E-state index contributed by atoms with van der Waals surface area (Å²) in [6.07, 6.45) is 1.56. The van der Waals surface area contributed by atoms with Crippen molar-refractivity contribution in [2.24, 2.45) is 0 Å². The number of nitrogens with zero attached hydrogens (tertiary/aromatic N) is 3. The standard InChI is InChI=1S/C11H14N4/c1-3-15-11(13-7-14-15)9-5-4-8(2)10(12)6-9/h4-7H,3,12H2,1-2H3. The van der Waals surface area contributed by atoms with Crippen molar-refractivity contribution in [2.75, 3.05) is 5.73 Å². The van der Waals surface area contributed by atoms with Gasteiger partial charge in [-0.3, -0.25) is 0 Å². The van der Waals surface area contributed by atoms with E-state index in [1.165, 1.54) is 0 Å². The van der Waals surface area contributed by atoms with Crippen LogP contribution < -0.4 is 5.73 Å². The molecule has 0 radical (unpaired) electrons. The first kappa shape index (κ1) is 9.71. The molecule has 0 aliphatic rings.